The summed E-state index contributed by atoms with van der Waals surface area (Å²) >= 11 is 5.64. The summed E-state index contributed by atoms with van der Waals surface area (Å²) in [6.07, 6.45) is 2.03. The van der Waals surface area contributed by atoms with Crippen molar-refractivity contribution in [3.63, 3.8) is 0 Å². The standard InChI is InChI=1S/C26H25ClF3N4O3P/c1-3-38(37,4-2)21-8-6-5-7-16(21)17-9-10-20(23(30)22(17)29)34-12-11-19(25(34)35)32-26(36)33-24-18(28)13-15(27)14-31-24/h5-10,13-14,19H,3-4,11-12H2,1-2H3,(H2,31,32,33,36). The maximum absolute atomic E-state index is 15.4. The molecule has 0 aliphatic carbocycles. The lowest BCUT2D eigenvalue weighted by Crippen LogP contribution is -2.43. The Morgan fingerprint density at radius 1 is 1.11 bits per heavy atom. The first-order valence-electron chi connectivity index (χ1n) is 12.0. The van der Waals surface area contributed by atoms with Crippen LogP contribution in [0.1, 0.15) is 20.3 Å². The second-order valence-corrected chi connectivity index (χ2v) is 12.7. The van der Waals surface area contributed by atoms with Crippen LogP contribution in [0.2, 0.25) is 5.02 Å². The molecule has 4 rings (SSSR count). The van der Waals surface area contributed by atoms with E-state index in [-0.39, 0.29) is 35.1 Å². The van der Waals surface area contributed by atoms with Crippen molar-refractivity contribution >= 4 is 47.5 Å². The molecule has 7 nitrogen and oxygen atoms in total. The normalized spacial score (nSPS) is 15.6. The molecular weight excluding hydrogens is 540 g/mol. The summed E-state index contributed by atoms with van der Waals surface area (Å²) in [4.78, 5) is 29.9. The quantitative estimate of drug-likeness (QED) is 0.356. The Morgan fingerprint density at radius 2 is 1.82 bits per heavy atom. The molecule has 1 aromatic heterocycles. The van der Waals surface area contributed by atoms with Crippen LogP contribution in [0.3, 0.4) is 0 Å². The Hall–Kier alpha value is -3.36. The third kappa shape index (κ3) is 5.28. The highest BCUT2D eigenvalue weighted by molar-refractivity contribution is 7.71. The van der Waals surface area contributed by atoms with Crippen molar-refractivity contribution in [1.29, 1.82) is 0 Å². The number of urea groups is 1. The third-order valence-corrected chi connectivity index (χ3v) is 10.1. The second-order valence-electron chi connectivity index (χ2n) is 8.71. The van der Waals surface area contributed by atoms with Crippen LogP contribution in [0.4, 0.5) is 29.5 Å². The van der Waals surface area contributed by atoms with Crippen LogP contribution in [0.5, 0.6) is 0 Å². The molecule has 2 N–H and O–H groups in total. The average Bonchev–Trinajstić information content (AvgIpc) is 3.26. The van der Waals surface area contributed by atoms with Gasteiger partial charge in [0.15, 0.2) is 23.3 Å². The minimum Gasteiger partial charge on any atom is -0.326 e. The van der Waals surface area contributed by atoms with Gasteiger partial charge in [0.05, 0.1) is 10.7 Å². The zero-order valence-corrected chi connectivity index (χ0v) is 22.3. The maximum atomic E-state index is 15.4. The van der Waals surface area contributed by atoms with E-state index in [0.29, 0.717) is 23.2 Å². The Balaban J connectivity index is 1.55. The van der Waals surface area contributed by atoms with Crippen molar-refractivity contribution in [3.05, 3.63) is 71.1 Å². The summed E-state index contributed by atoms with van der Waals surface area (Å²) < 4.78 is 58.0. The van der Waals surface area contributed by atoms with E-state index in [1.165, 1.54) is 12.1 Å². The first-order valence-corrected chi connectivity index (χ1v) is 14.4. The summed E-state index contributed by atoms with van der Waals surface area (Å²) in [6, 6.07) is 8.32. The molecule has 12 heteroatoms. The predicted octanol–water partition coefficient (Wildman–Crippen LogP) is 5.77. The highest BCUT2D eigenvalue weighted by Gasteiger charge is 2.36. The van der Waals surface area contributed by atoms with Gasteiger partial charge in [0.1, 0.15) is 13.2 Å². The molecule has 38 heavy (non-hydrogen) atoms. The number of rotatable bonds is 7. The topological polar surface area (TPSA) is 91.4 Å². The largest absolute Gasteiger partial charge is 0.326 e. The molecule has 1 aliphatic rings. The Kier molecular flexibility index (Phi) is 8.13. The molecule has 1 aliphatic heterocycles. The SMILES string of the molecule is CCP(=O)(CC)c1ccccc1-c1ccc(N2CCC(NC(=O)Nc3ncc(Cl)cc3F)C2=O)c(F)c1F. The van der Waals surface area contributed by atoms with E-state index in [2.05, 4.69) is 15.6 Å². The van der Waals surface area contributed by atoms with E-state index >= 15 is 8.78 Å². The number of anilines is 2. The zero-order valence-electron chi connectivity index (χ0n) is 20.6. The summed E-state index contributed by atoms with van der Waals surface area (Å²) in [5, 5.41) is 5.12. The fourth-order valence-corrected chi connectivity index (χ4v) is 6.70. The van der Waals surface area contributed by atoms with E-state index in [1.54, 1.807) is 38.1 Å². The first kappa shape index (κ1) is 27.7. The van der Waals surface area contributed by atoms with E-state index in [0.717, 1.165) is 17.2 Å². The van der Waals surface area contributed by atoms with Gasteiger partial charge in [-0.3, -0.25) is 10.1 Å². The van der Waals surface area contributed by atoms with Gasteiger partial charge in [0.25, 0.3) is 0 Å². The number of nitrogens with zero attached hydrogens (tertiary/aromatic N) is 2. The van der Waals surface area contributed by atoms with Crippen LogP contribution >= 0.6 is 18.7 Å². The second kappa shape index (κ2) is 11.2. The Labute approximate surface area is 222 Å². The van der Waals surface area contributed by atoms with Crippen molar-refractivity contribution in [3.8, 4) is 11.1 Å². The number of amides is 3. The first-order chi connectivity index (χ1) is 18.1. The van der Waals surface area contributed by atoms with Gasteiger partial charge in [-0.2, -0.15) is 0 Å². The molecule has 2 heterocycles. The van der Waals surface area contributed by atoms with Crippen LogP contribution in [0.25, 0.3) is 11.1 Å². The molecule has 1 fully saturated rings. The number of pyridine rings is 1. The number of halogens is 4. The van der Waals surface area contributed by atoms with Gasteiger partial charge in [0.2, 0.25) is 5.91 Å². The van der Waals surface area contributed by atoms with E-state index < -0.39 is 42.6 Å². The lowest BCUT2D eigenvalue weighted by Gasteiger charge is -2.21. The molecule has 1 atom stereocenters. The number of carbonyl (C=O) groups excluding carboxylic acids is 2. The molecule has 0 bridgehead atoms. The van der Waals surface area contributed by atoms with Crippen LogP contribution < -0.4 is 20.8 Å². The molecule has 200 valence electrons. The lowest BCUT2D eigenvalue weighted by atomic mass is 10.0. The molecular formula is C26H25ClF3N4O3P. The van der Waals surface area contributed by atoms with Gasteiger partial charge in [-0.05, 0) is 30.2 Å². The number of aromatic nitrogens is 1. The van der Waals surface area contributed by atoms with Crippen LogP contribution in [0.15, 0.2) is 48.7 Å². The molecule has 3 aromatic rings. The zero-order chi connectivity index (χ0) is 27.6. The molecule has 1 unspecified atom stereocenters. The highest BCUT2D eigenvalue weighted by atomic mass is 35.5. The van der Waals surface area contributed by atoms with Gasteiger partial charge in [0, 0.05) is 35.9 Å². The molecule has 0 saturated carbocycles. The predicted molar refractivity (Wildman–Crippen MR) is 142 cm³/mol. The summed E-state index contributed by atoms with van der Waals surface area (Å²) in [6.45, 7) is 3.62. The van der Waals surface area contributed by atoms with Gasteiger partial charge >= 0.3 is 6.03 Å². The third-order valence-electron chi connectivity index (χ3n) is 6.56. The summed E-state index contributed by atoms with van der Waals surface area (Å²) in [7, 11) is -2.80. The fraction of sp³-hybridized carbons (Fsp3) is 0.269. The molecule has 2 aromatic carbocycles. The summed E-state index contributed by atoms with van der Waals surface area (Å²) in [5.74, 6) is -4.29. The van der Waals surface area contributed by atoms with Crippen molar-refractivity contribution in [2.24, 2.45) is 0 Å². The minimum absolute atomic E-state index is 0.0184. The van der Waals surface area contributed by atoms with Crippen molar-refractivity contribution in [2.45, 2.75) is 26.3 Å². The van der Waals surface area contributed by atoms with Gasteiger partial charge in [-0.15, -0.1) is 0 Å². The minimum atomic E-state index is -2.80. The number of hydrogen-bond acceptors (Lipinski definition) is 4. The van der Waals surface area contributed by atoms with E-state index in [4.69, 9.17) is 11.6 Å². The molecule has 3 amide bonds. The molecule has 0 spiro atoms. The number of nitrogens with one attached hydrogen (secondary N) is 2. The van der Waals surface area contributed by atoms with Crippen LogP contribution in [0, 0.1) is 17.5 Å². The fourth-order valence-electron chi connectivity index (χ4n) is 4.44. The Morgan fingerprint density at radius 3 is 2.50 bits per heavy atom. The number of hydrogen-bond donors (Lipinski definition) is 2. The molecule has 1 saturated heterocycles. The monoisotopic (exact) mass is 564 g/mol. The van der Waals surface area contributed by atoms with Crippen LogP contribution in [-0.4, -0.2) is 41.8 Å². The average molecular weight is 565 g/mol. The van der Waals surface area contributed by atoms with Gasteiger partial charge in [-0.1, -0.05) is 49.7 Å². The van der Waals surface area contributed by atoms with Crippen molar-refractivity contribution in [1.82, 2.24) is 10.3 Å². The number of benzene rings is 2. The smallest absolute Gasteiger partial charge is 0.321 e. The maximum Gasteiger partial charge on any atom is 0.321 e. The van der Waals surface area contributed by atoms with Gasteiger partial charge < -0.3 is 14.8 Å². The van der Waals surface area contributed by atoms with Crippen molar-refractivity contribution in [2.75, 3.05) is 29.1 Å². The van der Waals surface area contributed by atoms with E-state index in [9.17, 15) is 18.5 Å². The van der Waals surface area contributed by atoms with Crippen LogP contribution in [-0.2, 0) is 9.36 Å². The van der Waals surface area contributed by atoms with E-state index in [1.807, 2.05) is 0 Å². The Bertz CT molecular complexity index is 1450. The number of carbonyl (C=O) groups is 2. The molecule has 0 radical (unpaired) electrons. The van der Waals surface area contributed by atoms with Crippen molar-refractivity contribution < 1.29 is 27.3 Å². The summed E-state index contributed by atoms with van der Waals surface area (Å²) in [5.41, 5.74) is 0.00895. The van der Waals surface area contributed by atoms with Gasteiger partial charge in [-0.25, -0.2) is 22.9 Å². The lowest BCUT2D eigenvalue weighted by molar-refractivity contribution is -0.118. The highest BCUT2D eigenvalue weighted by Crippen LogP contribution is 2.46.